The number of rotatable bonds is 6. The van der Waals surface area contributed by atoms with Gasteiger partial charge in [0.25, 0.3) is 0 Å². The van der Waals surface area contributed by atoms with Crippen LogP contribution in [0.25, 0.3) is 0 Å². The van der Waals surface area contributed by atoms with E-state index < -0.39 is 11.9 Å². The lowest BCUT2D eigenvalue weighted by molar-refractivity contribution is -0.139. The number of carboxylic acids is 1. The van der Waals surface area contributed by atoms with E-state index in [9.17, 15) is 9.59 Å². The van der Waals surface area contributed by atoms with Gasteiger partial charge in [0, 0.05) is 12.6 Å². The normalized spacial score (nSPS) is 12.8. The zero-order valence-electron chi connectivity index (χ0n) is 7.56. The number of carbonyl (C=O) groups excluding carboxylic acids is 1. The van der Waals surface area contributed by atoms with Gasteiger partial charge in [0.2, 0.25) is 5.91 Å². The molecule has 0 bridgehead atoms. The summed E-state index contributed by atoms with van der Waals surface area (Å²) in [5, 5.41) is 8.51. The molecule has 0 unspecified atom stereocenters. The van der Waals surface area contributed by atoms with Crippen molar-refractivity contribution in [3.63, 3.8) is 0 Å². The average molecular weight is 189 g/mol. The SMILES string of the molecule is C[C@@H](CN)N(CC(N)=O)CC(=O)O. The van der Waals surface area contributed by atoms with Crippen molar-refractivity contribution in [2.45, 2.75) is 13.0 Å². The smallest absolute Gasteiger partial charge is 0.317 e. The monoisotopic (exact) mass is 189 g/mol. The molecule has 0 radical (unpaired) electrons. The zero-order chi connectivity index (χ0) is 10.4. The van der Waals surface area contributed by atoms with Crippen molar-refractivity contribution >= 4 is 11.9 Å². The maximum atomic E-state index is 10.6. The number of hydrogen-bond donors (Lipinski definition) is 3. The van der Waals surface area contributed by atoms with Crippen LogP contribution < -0.4 is 11.5 Å². The van der Waals surface area contributed by atoms with E-state index in [0.29, 0.717) is 6.54 Å². The Morgan fingerprint density at radius 2 is 2.00 bits per heavy atom. The third kappa shape index (κ3) is 5.15. The predicted octanol–water partition coefficient (Wildman–Crippen LogP) is -1.79. The van der Waals surface area contributed by atoms with Crippen LogP contribution in [-0.2, 0) is 9.59 Å². The van der Waals surface area contributed by atoms with Crippen molar-refractivity contribution < 1.29 is 14.7 Å². The molecule has 0 aliphatic heterocycles. The van der Waals surface area contributed by atoms with Crippen LogP contribution in [-0.4, -0.2) is 47.6 Å². The Kier molecular flexibility index (Phi) is 5.01. The highest BCUT2D eigenvalue weighted by Gasteiger charge is 2.17. The van der Waals surface area contributed by atoms with Crippen molar-refractivity contribution in [1.29, 1.82) is 0 Å². The fourth-order valence-electron chi connectivity index (χ4n) is 0.891. The lowest BCUT2D eigenvalue weighted by Gasteiger charge is -2.24. The predicted molar refractivity (Wildman–Crippen MR) is 46.9 cm³/mol. The largest absolute Gasteiger partial charge is 0.480 e. The molecular formula is C7H15N3O3. The number of primary amides is 1. The Morgan fingerprint density at radius 1 is 1.46 bits per heavy atom. The number of nitrogens with two attached hydrogens (primary N) is 2. The van der Waals surface area contributed by atoms with Crippen molar-refractivity contribution in [2.24, 2.45) is 11.5 Å². The van der Waals surface area contributed by atoms with Gasteiger partial charge < -0.3 is 16.6 Å². The van der Waals surface area contributed by atoms with Crippen LogP contribution in [0.2, 0.25) is 0 Å². The molecule has 1 atom stereocenters. The first-order chi connectivity index (χ1) is 5.97. The fourth-order valence-corrected chi connectivity index (χ4v) is 0.891. The number of aliphatic carboxylic acids is 1. The van der Waals surface area contributed by atoms with Gasteiger partial charge in [-0.25, -0.2) is 0 Å². The van der Waals surface area contributed by atoms with Crippen LogP contribution in [0.5, 0.6) is 0 Å². The molecule has 6 heteroatoms. The van der Waals surface area contributed by atoms with Crippen molar-refractivity contribution in [1.82, 2.24) is 4.90 Å². The fraction of sp³-hybridized carbons (Fsp3) is 0.714. The van der Waals surface area contributed by atoms with E-state index in [-0.39, 0.29) is 19.1 Å². The highest BCUT2D eigenvalue weighted by atomic mass is 16.4. The van der Waals surface area contributed by atoms with Crippen molar-refractivity contribution in [3.05, 3.63) is 0 Å². The molecule has 0 saturated carbocycles. The molecule has 0 fully saturated rings. The number of hydrogen-bond acceptors (Lipinski definition) is 4. The van der Waals surface area contributed by atoms with E-state index in [1.54, 1.807) is 6.92 Å². The first-order valence-corrected chi connectivity index (χ1v) is 3.91. The average Bonchev–Trinajstić information content (AvgIpc) is 2.00. The van der Waals surface area contributed by atoms with Crippen LogP contribution in [0, 0.1) is 0 Å². The van der Waals surface area contributed by atoms with E-state index in [0.717, 1.165) is 0 Å². The molecule has 0 aliphatic carbocycles. The second-order valence-electron chi connectivity index (χ2n) is 2.85. The van der Waals surface area contributed by atoms with Crippen molar-refractivity contribution in [2.75, 3.05) is 19.6 Å². The molecule has 0 aromatic rings. The Morgan fingerprint density at radius 3 is 2.31 bits per heavy atom. The van der Waals surface area contributed by atoms with Crippen LogP contribution >= 0.6 is 0 Å². The Labute approximate surface area is 76.5 Å². The van der Waals surface area contributed by atoms with Crippen molar-refractivity contribution in [3.8, 4) is 0 Å². The summed E-state index contributed by atoms with van der Waals surface area (Å²) in [7, 11) is 0. The summed E-state index contributed by atoms with van der Waals surface area (Å²) in [6.45, 7) is 1.73. The highest BCUT2D eigenvalue weighted by Crippen LogP contribution is 1.95. The van der Waals surface area contributed by atoms with Crippen LogP contribution in [0.3, 0.4) is 0 Å². The van der Waals surface area contributed by atoms with Crippen LogP contribution in [0.4, 0.5) is 0 Å². The summed E-state index contributed by atoms with van der Waals surface area (Å²) >= 11 is 0. The topological polar surface area (TPSA) is 110 Å². The van der Waals surface area contributed by atoms with Gasteiger partial charge in [0.05, 0.1) is 13.1 Å². The first-order valence-electron chi connectivity index (χ1n) is 3.91. The molecule has 6 nitrogen and oxygen atoms in total. The quantitative estimate of drug-likeness (QED) is 0.457. The first kappa shape index (κ1) is 11.9. The molecule has 0 aromatic carbocycles. The summed E-state index contributed by atoms with van der Waals surface area (Å²) in [4.78, 5) is 22.4. The summed E-state index contributed by atoms with van der Waals surface area (Å²) < 4.78 is 0. The van der Waals surface area contributed by atoms with Gasteiger partial charge in [-0.2, -0.15) is 0 Å². The maximum absolute atomic E-state index is 10.6. The molecular weight excluding hydrogens is 174 g/mol. The van der Waals surface area contributed by atoms with E-state index in [2.05, 4.69) is 0 Å². The summed E-state index contributed by atoms with van der Waals surface area (Å²) in [6.07, 6.45) is 0. The minimum Gasteiger partial charge on any atom is -0.480 e. The van der Waals surface area contributed by atoms with Gasteiger partial charge in [0.15, 0.2) is 0 Å². The van der Waals surface area contributed by atoms with E-state index in [1.165, 1.54) is 4.90 Å². The molecule has 5 N–H and O–H groups in total. The zero-order valence-corrected chi connectivity index (χ0v) is 7.56. The molecule has 76 valence electrons. The third-order valence-electron chi connectivity index (χ3n) is 1.66. The van der Waals surface area contributed by atoms with Crippen LogP contribution in [0.15, 0.2) is 0 Å². The lowest BCUT2D eigenvalue weighted by atomic mass is 10.2. The van der Waals surface area contributed by atoms with E-state index >= 15 is 0 Å². The molecule has 13 heavy (non-hydrogen) atoms. The third-order valence-corrected chi connectivity index (χ3v) is 1.66. The Bertz CT molecular complexity index is 179. The second kappa shape index (κ2) is 5.50. The van der Waals surface area contributed by atoms with E-state index in [1.807, 2.05) is 0 Å². The summed E-state index contributed by atoms with van der Waals surface area (Å²) in [5.74, 6) is -1.55. The molecule has 0 rings (SSSR count). The number of carboxylic acid groups (broad SMARTS) is 1. The van der Waals surface area contributed by atoms with Gasteiger partial charge in [0.1, 0.15) is 0 Å². The summed E-state index contributed by atoms with van der Waals surface area (Å²) in [6, 6.07) is -0.163. The minimum atomic E-state index is -0.999. The standard InChI is InChI=1S/C7H15N3O3/c1-5(2-8)10(3-6(9)11)4-7(12)13/h5H,2-4,8H2,1H3,(H2,9,11)(H,12,13)/t5-/m0/s1. The van der Waals surface area contributed by atoms with E-state index in [4.69, 9.17) is 16.6 Å². The molecule has 1 amide bonds. The number of nitrogens with zero attached hydrogens (tertiary/aromatic N) is 1. The molecule has 0 heterocycles. The molecule has 0 saturated heterocycles. The van der Waals surface area contributed by atoms with Gasteiger partial charge in [-0.3, -0.25) is 14.5 Å². The van der Waals surface area contributed by atoms with Gasteiger partial charge >= 0.3 is 5.97 Å². The van der Waals surface area contributed by atoms with Crippen LogP contribution in [0.1, 0.15) is 6.92 Å². The molecule has 0 aromatic heterocycles. The second-order valence-corrected chi connectivity index (χ2v) is 2.85. The molecule has 0 spiro atoms. The lowest BCUT2D eigenvalue weighted by Crippen LogP contribution is -2.45. The number of amides is 1. The highest BCUT2D eigenvalue weighted by molar-refractivity contribution is 5.77. The number of carbonyl (C=O) groups is 2. The molecule has 0 aliphatic rings. The maximum Gasteiger partial charge on any atom is 0.317 e. The van der Waals surface area contributed by atoms with Gasteiger partial charge in [-0.05, 0) is 6.92 Å². The minimum absolute atomic E-state index is 0.0787. The van der Waals surface area contributed by atoms with Gasteiger partial charge in [-0.1, -0.05) is 0 Å². The summed E-state index contributed by atoms with van der Waals surface area (Å²) in [5.41, 5.74) is 10.3. The Balaban J connectivity index is 4.17. The Hall–Kier alpha value is -1.14. The van der Waals surface area contributed by atoms with Gasteiger partial charge in [-0.15, -0.1) is 0 Å².